The molecule has 30 heavy (non-hydrogen) atoms. The van der Waals surface area contributed by atoms with E-state index in [1.165, 1.54) is 11.8 Å². The Bertz CT molecular complexity index is 1040. The minimum Gasteiger partial charge on any atom is -0.325 e. The summed E-state index contributed by atoms with van der Waals surface area (Å²) < 4.78 is 29.8. The predicted molar refractivity (Wildman–Crippen MR) is 116 cm³/mol. The summed E-state index contributed by atoms with van der Waals surface area (Å²) in [7, 11) is -3.56. The Morgan fingerprint density at radius 3 is 2.60 bits per heavy atom. The second kappa shape index (κ2) is 8.68. The molecule has 1 saturated heterocycles. The first kappa shape index (κ1) is 21.3. The van der Waals surface area contributed by atoms with E-state index in [-0.39, 0.29) is 16.6 Å². The number of nitrogens with zero attached hydrogens (tertiary/aromatic N) is 4. The van der Waals surface area contributed by atoms with Gasteiger partial charge in [-0.25, -0.2) is 8.42 Å². The lowest BCUT2D eigenvalue weighted by Gasteiger charge is -2.26. The van der Waals surface area contributed by atoms with E-state index in [1.807, 2.05) is 6.92 Å². The topological polar surface area (TPSA) is 97.2 Å². The molecule has 0 unspecified atom stereocenters. The quantitative estimate of drug-likeness (QED) is 0.652. The van der Waals surface area contributed by atoms with Crippen molar-refractivity contribution < 1.29 is 13.2 Å². The molecule has 0 atom stereocenters. The Labute approximate surface area is 181 Å². The van der Waals surface area contributed by atoms with Crippen LogP contribution in [0.3, 0.4) is 0 Å². The van der Waals surface area contributed by atoms with E-state index < -0.39 is 10.0 Å². The van der Waals surface area contributed by atoms with E-state index in [0.717, 1.165) is 43.1 Å². The number of hydrogen-bond acceptors (Lipinski definition) is 6. The maximum atomic E-state index is 13.1. The van der Waals surface area contributed by atoms with Gasteiger partial charge in [-0.1, -0.05) is 24.2 Å². The van der Waals surface area contributed by atoms with Crippen LogP contribution in [0.5, 0.6) is 0 Å². The number of hydrogen-bond donors (Lipinski definition) is 1. The molecule has 2 heterocycles. The molecule has 1 aliphatic carbocycles. The maximum absolute atomic E-state index is 13.1. The fraction of sp³-hybridized carbons (Fsp3) is 0.550. The van der Waals surface area contributed by atoms with E-state index in [2.05, 4.69) is 20.1 Å². The van der Waals surface area contributed by atoms with Crippen molar-refractivity contribution in [2.75, 3.05) is 24.2 Å². The van der Waals surface area contributed by atoms with Crippen LogP contribution in [0.1, 0.15) is 49.5 Å². The van der Waals surface area contributed by atoms with E-state index in [4.69, 9.17) is 0 Å². The summed E-state index contributed by atoms with van der Waals surface area (Å²) >= 11 is 1.35. The number of aromatic nitrogens is 3. The van der Waals surface area contributed by atoms with Gasteiger partial charge in [-0.05, 0) is 57.2 Å². The van der Waals surface area contributed by atoms with Crippen LogP contribution in [0.15, 0.2) is 28.3 Å². The van der Waals surface area contributed by atoms with Gasteiger partial charge in [0.05, 0.1) is 10.6 Å². The number of carbonyl (C=O) groups is 1. The van der Waals surface area contributed by atoms with E-state index >= 15 is 0 Å². The summed E-state index contributed by atoms with van der Waals surface area (Å²) in [5, 5.41) is 11.9. The molecule has 2 aromatic rings. The number of sulfonamides is 1. The van der Waals surface area contributed by atoms with Crippen LogP contribution >= 0.6 is 11.8 Å². The zero-order valence-electron chi connectivity index (χ0n) is 17.3. The first-order valence-electron chi connectivity index (χ1n) is 10.3. The number of carbonyl (C=O) groups excluding carboxylic acids is 1. The molecule has 8 nitrogen and oxygen atoms in total. The summed E-state index contributed by atoms with van der Waals surface area (Å²) in [6.45, 7) is 4.81. The van der Waals surface area contributed by atoms with Crippen molar-refractivity contribution in [3.63, 3.8) is 0 Å². The molecule has 0 radical (unpaired) electrons. The zero-order valence-corrected chi connectivity index (χ0v) is 18.9. The average molecular weight is 450 g/mol. The van der Waals surface area contributed by atoms with Gasteiger partial charge in [-0.15, -0.1) is 10.2 Å². The highest BCUT2D eigenvalue weighted by Crippen LogP contribution is 2.38. The standard InChI is InChI=1S/C20H27N5O3S2/c1-14-6-7-16(12-18(14)30(27,28)24-10-4-3-5-11-24)21-19(26)13-29-20-23-22-15(2)25(20)17-8-9-17/h6-7,12,17H,3-5,8-11,13H2,1-2H3,(H,21,26). The maximum Gasteiger partial charge on any atom is 0.243 e. The molecular weight excluding hydrogens is 422 g/mol. The summed E-state index contributed by atoms with van der Waals surface area (Å²) in [6.07, 6.45) is 5.08. The number of nitrogens with one attached hydrogen (secondary N) is 1. The van der Waals surface area contributed by atoms with Gasteiger partial charge in [-0.3, -0.25) is 4.79 Å². The van der Waals surface area contributed by atoms with Crippen LogP contribution in [0, 0.1) is 13.8 Å². The van der Waals surface area contributed by atoms with Gasteiger partial charge in [0.2, 0.25) is 15.9 Å². The number of piperidine rings is 1. The van der Waals surface area contributed by atoms with Gasteiger partial charge >= 0.3 is 0 Å². The van der Waals surface area contributed by atoms with Crippen molar-refractivity contribution in [1.29, 1.82) is 0 Å². The summed E-state index contributed by atoms with van der Waals surface area (Å²) in [6, 6.07) is 5.50. The lowest BCUT2D eigenvalue weighted by molar-refractivity contribution is -0.113. The molecule has 0 bridgehead atoms. The van der Waals surface area contributed by atoms with Gasteiger partial charge in [-0.2, -0.15) is 4.31 Å². The third-order valence-corrected chi connectivity index (χ3v) is 8.47. The number of benzene rings is 1. The molecule has 162 valence electrons. The molecule has 4 rings (SSSR count). The van der Waals surface area contributed by atoms with Crippen LogP contribution in [0.2, 0.25) is 0 Å². The SMILES string of the molecule is Cc1ccc(NC(=O)CSc2nnc(C)n2C2CC2)cc1S(=O)(=O)N1CCCCC1. The second-order valence-electron chi connectivity index (χ2n) is 7.91. The van der Waals surface area contributed by atoms with Crippen LogP contribution in [0.25, 0.3) is 0 Å². The second-order valence-corrected chi connectivity index (χ2v) is 10.8. The minimum absolute atomic E-state index is 0.187. The van der Waals surface area contributed by atoms with Crippen LogP contribution in [-0.2, 0) is 14.8 Å². The molecule has 1 aromatic carbocycles. The fourth-order valence-corrected chi connectivity index (χ4v) is 6.35. The smallest absolute Gasteiger partial charge is 0.243 e. The average Bonchev–Trinajstić information content (AvgIpc) is 3.50. The molecule has 2 aliphatic rings. The molecule has 10 heteroatoms. The molecule has 1 saturated carbocycles. The van der Waals surface area contributed by atoms with Gasteiger partial charge in [0.15, 0.2) is 5.16 Å². The number of amides is 1. The Hall–Kier alpha value is -1.91. The van der Waals surface area contributed by atoms with Crippen molar-refractivity contribution in [3.05, 3.63) is 29.6 Å². The highest BCUT2D eigenvalue weighted by molar-refractivity contribution is 7.99. The first-order valence-corrected chi connectivity index (χ1v) is 12.7. The van der Waals surface area contributed by atoms with Crippen molar-refractivity contribution in [3.8, 4) is 0 Å². The zero-order chi connectivity index (χ0) is 21.3. The molecule has 2 fully saturated rings. The summed E-state index contributed by atoms with van der Waals surface area (Å²) in [5.74, 6) is 0.854. The summed E-state index contributed by atoms with van der Waals surface area (Å²) in [5.41, 5.74) is 1.17. The van der Waals surface area contributed by atoms with Gasteiger partial charge in [0.25, 0.3) is 0 Å². The third-order valence-electron chi connectivity index (χ3n) is 5.48. The lowest BCUT2D eigenvalue weighted by atomic mass is 10.2. The number of thioether (sulfide) groups is 1. The predicted octanol–water partition coefficient (Wildman–Crippen LogP) is 3.14. The van der Waals surface area contributed by atoms with Gasteiger partial charge < -0.3 is 9.88 Å². The van der Waals surface area contributed by atoms with E-state index in [0.29, 0.717) is 30.4 Å². The molecule has 0 spiro atoms. The van der Waals surface area contributed by atoms with Crippen molar-refractivity contribution in [2.45, 2.75) is 62.0 Å². The van der Waals surface area contributed by atoms with Crippen molar-refractivity contribution in [2.24, 2.45) is 0 Å². The molecule has 1 amide bonds. The highest BCUT2D eigenvalue weighted by atomic mass is 32.2. The first-order chi connectivity index (χ1) is 14.4. The Morgan fingerprint density at radius 2 is 1.90 bits per heavy atom. The molecule has 1 aliphatic heterocycles. The summed E-state index contributed by atoms with van der Waals surface area (Å²) in [4.78, 5) is 12.8. The minimum atomic E-state index is -3.56. The van der Waals surface area contributed by atoms with Crippen LogP contribution < -0.4 is 5.32 Å². The van der Waals surface area contributed by atoms with Gasteiger partial charge in [0, 0.05) is 24.8 Å². The Balaban J connectivity index is 1.43. The normalized spacial score (nSPS) is 17.8. The number of aryl methyl sites for hydroxylation is 2. The molecule has 1 N–H and O–H groups in total. The lowest BCUT2D eigenvalue weighted by Crippen LogP contribution is -2.36. The number of rotatable bonds is 7. The van der Waals surface area contributed by atoms with Crippen LogP contribution in [-0.4, -0.2) is 52.2 Å². The largest absolute Gasteiger partial charge is 0.325 e. The van der Waals surface area contributed by atoms with Gasteiger partial charge in [0.1, 0.15) is 5.82 Å². The number of anilines is 1. The van der Waals surface area contributed by atoms with Crippen LogP contribution in [0.4, 0.5) is 5.69 Å². The van der Waals surface area contributed by atoms with E-state index in [9.17, 15) is 13.2 Å². The fourth-order valence-electron chi connectivity index (χ4n) is 3.73. The molecular formula is C20H27N5O3S2. The highest BCUT2D eigenvalue weighted by Gasteiger charge is 2.29. The Morgan fingerprint density at radius 1 is 1.17 bits per heavy atom. The van der Waals surface area contributed by atoms with Crippen molar-refractivity contribution >= 4 is 33.4 Å². The third kappa shape index (κ3) is 4.55. The van der Waals surface area contributed by atoms with Crippen molar-refractivity contribution in [1.82, 2.24) is 19.1 Å². The molecule has 1 aromatic heterocycles. The van der Waals surface area contributed by atoms with E-state index in [1.54, 1.807) is 29.4 Å². The Kier molecular flexibility index (Phi) is 6.17. The monoisotopic (exact) mass is 449 g/mol.